The summed E-state index contributed by atoms with van der Waals surface area (Å²) in [6.07, 6.45) is 0.451. The maximum absolute atomic E-state index is 13.8. The SMILES string of the molecule is C=CCC(Oc1ccccc1F)c1nnc(N2C(=O)N(C)CC2O)s1. The number of aromatic nitrogens is 2. The molecule has 1 aromatic carbocycles. The number of β-amino-alcohol motifs (C(OH)–C–C–N with tert-alkyl or cyclic N) is 1. The van der Waals surface area contributed by atoms with Gasteiger partial charge in [-0.05, 0) is 12.1 Å². The van der Waals surface area contributed by atoms with Crippen molar-refractivity contribution in [2.45, 2.75) is 18.8 Å². The fourth-order valence-electron chi connectivity index (χ4n) is 2.42. The number of amides is 2. The summed E-state index contributed by atoms with van der Waals surface area (Å²) in [7, 11) is 1.59. The summed E-state index contributed by atoms with van der Waals surface area (Å²) in [5.41, 5.74) is 0. The van der Waals surface area contributed by atoms with E-state index < -0.39 is 18.1 Å². The molecule has 0 spiro atoms. The van der Waals surface area contributed by atoms with E-state index in [1.54, 1.807) is 25.3 Å². The first-order valence-electron chi connectivity index (χ1n) is 7.59. The molecule has 1 fully saturated rings. The number of nitrogens with zero attached hydrogens (tertiary/aromatic N) is 4. The smallest absolute Gasteiger partial charge is 0.328 e. The number of hydrogen-bond acceptors (Lipinski definition) is 6. The molecule has 1 aliphatic heterocycles. The molecule has 1 N–H and O–H groups in total. The lowest BCUT2D eigenvalue weighted by Gasteiger charge is -2.16. The largest absolute Gasteiger partial charge is 0.480 e. The number of halogens is 1. The fourth-order valence-corrected chi connectivity index (χ4v) is 3.35. The van der Waals surface area contributed by atoms with E-state index in [1.165, 1.54) is 21.9 Å². The minimum absolute atomic E-state index is 0.100. The molecule has 3 rings (SSSR count). The van der Waals surface area contributed by atoms with Crippen LogP contribution in [0.4, 0.5) is 14.3 Å². The van der Waals surface area contributed by atoms with Gasteiger partial charge in [-0.3, -0.25) is 0 Å². The second-order valence-corrected chi connectivity index (χ2v) is 6.49. The highest BCUT2D eigenvalue weighted by molar-refractivity contribution is 7.15. The predicted molar refractivity (Wildman–Crippen MR) is 91.0 cm³/mol. The highest BCUT2D eigenvalue weighted by atomic mass is 32.1. The quantitative estimate of drug-likeness (QED) is 0.797. The van der Waals surface area contributed by atoms with Crippen LogP contribution < -0.4 is 9.64 Å². The highest BCUT2D eigenvalue weighted by Crippen LogP contribution is 2.33. The third-order valence-electron chi connectivity index (χ3n) is 3.67. The lowest BCUT2D eigenvalue weighted by Crippen LogP contribution is -2.34. The lowest BCUT2D eigenvalue weighted by molar-refractivity contribution is 0.183. The number of para-hydroxylation sites is 1. The van der Waals surface area contributed by atoms with Crippen molar-refractivity contribution >= 4 is 22.5 Å². The van der Waals surface area contributed by atoms with Gasteiger partial charge in [-0.2, -0.15) is 0 Å². The summed E-state index contributed by atoms with van der Waals surface area (Å²) in [4.78, 5) is 14.7. The zero-order valence-corrected chi connectivity index (χ0v) is 14.3. The lowest BCUT2D eigenvalue weighted by atomic mass is 10.2. The van der Waals surface area contributed by atoms with Gasteiger partial charge in [0.2, 0.25) is 5.13 Å². The Kier molecular flexibility index (Phi) is 4.95. The molecule has 132 valence electrons. The summed E-state index contributed by atoms with van der Waals surface area (Å²) < 4.78 is 19.5. The normalized spacial score (nSPS) is 18.5. The standard InChI is InChI=1S/C16H17FN4O3S/c1-3-6-12(24-11-8-5-4-7-10(11)17)14-18-19-15(25-14)21-13(22)9-20(2)16(21)23/h3-5,7-8,12-13,22H,1,6,9H2,2H3. The molecule has 0 radical (unpaired) electrons. The molecule has 1 saturated heterocycles. The summed E-state index contributed by atoms with van der Waals surface area (Å²) >= 11 is 1.11. The number of hydrogen-bond donors (Lipinski definition) is 1. The van der Waals surface area contributed by atoms with E-state index in [4.69, 9.17) is 4.74 Å². The van der Waals surface area contributed by atoms with Crippen LogP contribution in [-0.4, -0.2) is 46.1 Å². The van der Waals surface area contributed by atoms with Crippen molar-refractivity contribution in [1.82, 2.24) is 15.1 Å². The third-order valence-corrected chi connectivity index (χ3v) is 4.68. The van der Waals surface area contributed by atoms with Crippen molar-refractivity contribution in [3.63, 3.8) is 0 Å². The van der Waals surface area contributed by atoms with Crippen LogP contribution in [0.15, 0.2) is 36.9 Å². The Morgan fingerprint density at radius 1 is 1.52 bits per heavy atom. The van der Waals surface area contributed by atoms with E-state index in [9.17, 15) is 14.3 Å². The average Bonchev–Trinajstić information content (AvgIpc) is 3.14. The van der Waals surface area contributed by atoms with Crippen molar-refractivity contribution in [3.8, 4) is 5.75 Å². The van der Waals surface area contributed by atoms with Gasteiger partial charge in [0.25, 0.3) is 0 Å². The van der Waals surface area contributed by atoms with Gasteiger partial charge in [0.15, 0.2) is 28.9 Å². The molecule has 0 aliphatic carbocycles. The van der Waals surface area contributed by atoms with Crippen LogP contribution in [-0.2, 0) is 0 Å². The zero-order valence-electron chi connectivity index (χ0n) is 13.5. The van der Waals surface area contributed by atoms with Gasteiger partial charge >= 0.3 is 6.03 Å². The van der Waals surface area contributed by atoms with Gasteiger partial charge in [0, 0.05) is 13.5 Å². The minimum atomic E-state index is -0.983. The molecule has 0 saturated carbocycles. The van der Waals surface area contributed by atoms with Gasteiger partial charge in [-0.1, -0.05) is 29.5 Å². The topological polar surface area (TPSA) is 78.8 Å². The summed E-state index contributed by atoms with van der Waals surface area (Å²) in [6, 6.07) is 5.72. The Morgan fingerprint density at radius 3 is 2.92 bits per heavy atom. The third kappa shape index (κ3) is 3.47. The monoisotopic (exact) mass is 364 g/mol. The average molecular weight is 364 g/mol. The Bertz CT molecular complexity index is 784. The number of aliphatic hydroxyl groups excluding tert-OH is 1. The minimum Gasteiger partial charge on any atom is -0.480 e. The van der Waals surface area contributed by atoms with Crippen molar-refractivity contribution in [1.29, 1.82) is 0 Å². The molecular weight excluding hydrogens is 347 g/mol. The first-order valence-corrected chi connectivity index (χ1v) is 8.40. The van der Waals surface area contributed by atoms with Gasteiger partial charge in [-0.15, -0.1) is 16.8 Å². The van der Waals surface area contributed by atoms with Gasteiger partial charge in [-0.25, -0.2) is 14.1 Å². The van der Waals surface area contributed by atoms with Crippen molar-refractivity contribution in [2.24, 2.45) is 0 Å². The summed E-state index contributed by atoms with van der Waals surface area (Å²) in [5.74, 6) is -0.379. The number of carbonyl (C=O) groups is 1. The molecule has 2 unspecified atom stereocenters. The summed E-state index contributed by atoms with van der Waals surface area (Å²) in [5, 5.41) is 18.8. The van der Waals surface area contributed by atoms with Crippen LogP contribution >= 0.6 is 11.3 Å². The molecule has 0 bridgehead atoms. The number of carbonyl (C=O) groups excluding carboxylic acids is 1. The Morgan fingerprint density at radius 2 is 2.28 bits per heavy atom. The van der Waals surface area contributed by atoms with E-state index in [0.717, 1.165) is 11.3 Å². The van der Waals surface area contributed by atoms with Crippen LogP contribution in [0.5, 0.6) is 5.75 Å². The number of urea groups is 1. The predicted octanol–water partition coefficient (Wildman–Crippen LogP) is 2.56. The number of benzene rings is 1. The second-order valence-electron chi connectivity index (χ2n) is 5.50. The molecule has 9 heteroatoms. The van der Waals surface area contributed by atoms with E-state index in [2.05, 4.69) is 16.8 Å². The fraction of sp³-hybridized carbons (Fsp3) is 0.312. The number of rotatable bonds is 6. The molecule has 2 atom stereocenters. The van der Waals surface area contributed by atoms with Crippen LogP contribution in [0.25, 0.3) is 0 Å². The maximum atomic E-state index is 13.8. The molecule has 25 heavy (non-hydrogen) atoms. The number of anilines is 1. The van der Waals surface area contributed by atoms with E-state index in [0.29, 0.717) is 11.4 Å². The molecule has 2 heterocycles. The molecular formula is C16H17FN4O3S. The Labute approximate surface area is 148 Å². The maximum Gasteiger partial charge on any atom is 0.328 e. The first kappa shape index (κ1) is 17.3. The van der Waals surface area contributed by atoms with Crippen LogP contribution in [0, 0.1) is 5.82 Å². The number of aliphatic hydroxyl groups is 1. The Hall–Kier alpha value is -2.52. The van der Waals surface area contributed by atoms with Gasteiger partial charge < -0.3 is 14.7 Å². The van der Waals surface area contributed by atoms with Crippen LogP contribution in [0.1, 0.15) is 17.5 Å². The zero-order chi connectivity index (χ0) is 18.0. The van der Waals surface area contributed by atoms with E-state index in [1.807, 2.05) is 0 Å². The Balaban J connectivity index is 1.84. The molecule has 1 aliphatic rings. The number of ether oxygens (including phenoxy) is 1. The highest BCUT2D eigenvalue weighted by Gasteiger charge is 2.37. The molecule has 7 nitrogen and oxygen atoms in total. The molecule has 1 aromatic heterocycles. The molecule has 2 amide bonds. The van der Waals surface area contributed by atoms with Crippen molar-refractivity contribution in [2.75, 3.05) is 18.5 Å². The molecule has 2 aromatic rings. The van der Waals surface area contributed by atoms with E-state index in [-0.39, 0.29) is 23.5 Å². The van der Waals surface area contributed by atoms with Gasteiger partial charge in [0.05, 0.1) is 6.54 Å². The van der Waals surface area contributed by atoms with E-state index >= 15 is 0 Å². The van der Waals surface area contributed by atoms with Crippen molar-refractivity contribution in [3.05, 3.63) is 47.7 Å². The van der Waals surface area contributed by atoms with Crippen molar-refractivity contribution < 1.29 is 19.0 Å². The second kappa shape index (κ2) is 7.16. The van der Waals surface area contributed by atoms with Crippen LogP contribution in [0.2, 0.25) is 0 Å². The van der Waals surface area contributed by atoms with Gasteiger partial charge in [0.1, 0.15) is 0 Å². The number of likely N-dealkylation sites (N-methyl/N-ethyl adjacent to an activating group) is 1. The first-order chi connectivity index (χ1) is 12.0. The van der Waals surface area contributed by atoms with Crippen LogP contribution in [0.3, 0.4) is 0 Å². The summed E-state index contributed by atoms with van der Waals surface area (Å²) in [6.45, 7) is 3.87.